The molecule has 96 valence electrons. The molecule has 0 aliphatic heterocycles. The highest BCUT2D eigenvalue weighted by Crippen LogP contribution is 2.19. The molecule has 0 atom stereocenters. The van der Waals surface area contributed by atoms with Crippen LogP contribution < -0.4 is 0 Å². The van der Waals surface area contributed by atoms with E-state index in [2.05, 4.69) is 6.58 Å². The Kier molecular flexibility index (Phi) is 4.92. The van der Waals surface area contributed by atoms with Gasteiger partial charge in [-0.05, 0) is 24.6 Å². The Morgan fingerprint density at radius 2 is 2.17 bits per heavy atom. The van der Waals surface area contributed by atoms with Crippen LogP contribution in [-0.2, 0) is 4.79 Å². The summed E-state index contributed by atoms with van der Waals surface area (Å²) in [6.45, 7) is 5.14. The smallest absolute Gasteiger partial charge is 0.323 e. The van der Waals surface area contributed by atoms with Gasteiger partial charge in [0, 0.05) is 6.54 Å². The van der Waals surface area contributed by atoms with Crippen LogP contribution in [0.15, 0.2) is 30.9 Å². The van der Waals surface area contributed by atoms with Gasteiger partial charge in [-0.3, -0.25) is 9.59 Å². The number of aliphatic carboxylic acids is 1. The van der Waals surface area contributed by atoms with Gasteiger partial charge in [0.2, 0.25) is 0 Å². The summed E-state index contributed by atoms with van der Waals surface area (Å²) >= 11 is 5.98. The predicted octanol–water partition coefficient (Wildman–Crippen LogP) is 2.36. The summed E-state index contributed by atoms with van der Waals surface area (Å²) in [5.74, 6) is -1.49. The van der Waals surface area contributed by atoms with Gasteiger partial charge >= 0.3 is 5.97 Å². The first-order valence-corrected chi connectivity index (χ1v) is 5.71. The molecule has 0 aliphatic rings. The molecule has 1 rings (SSSR count). The number of benzene rings is 1. The molecule has 1 N–H and O–H groups in total. The Labute approximate surface area is 110 Å². The van der Waals surface area contributed by atoms with Crippen molar-refractivity contribution in [1.29, 1.82) is 0 Å². The second-order valence-corrected chi connectivity index (χ2v) is 4.26. The number of carbonyl (C=O) groups is 2. The minimum Gasteiger partial charge on any atom is -0.480 e. The number of aryl methyl sites for hydroxylation is 1. The predicted molar refractivity (Wildman–Crippen MR) is 69.9 cm³/mol. The summed E-state index contributed by atoms with van der Waals surface area (Å²) < 4.78 is 0. The molecule has 0 fully saturated rings. The lowest BCUT2D eigenvalue weighted by molar-refractivity contribution is -0.137. The molecule has 1 amide bonds. The van der Waals surface area contributed by atoms with Gasteiger partial charge in [-0.25, -0.2) is 0 Å². The number of carboxylic acids is 1. The Morgan fingerprint density at radius 1 is 1.50 bits per heavy atom. The van der Waals surface area contributed by atoms with Crippen LogP contribution in [0.25, 0.3) is 0 Å². The van der Waals surface area contributed by atoms with E-state index < -0.39 is 11.9 Å². The number of amides is 1. The molecule has 0 saturated heterocycles. The topological polar surface area (TPSA) is 57.6 Å². The average molecular weight is 268 g/mol. The molecule has 0 unspecified atom stereocenters. The van der Waals surface area contributed by atoms with Crippen molar-refractivity contribution in [3.63, 3.8) is 0 Å². The van der Waals surface area contributed by atoms with Crippen molar-refractivity contribution >= 4 is 23.5 Å². The number of rotatable bonds is 5. The van der Waals surface area contributed by atoms with Crippen molar-refractivity contribution < 1.29 is 14.7 Å². The van der Waals surface area contributed by atoms with Crippen LogP contribution in [-0.4, -0.2) is 35.0 Å². The maximum Gasteiger partial charge on any atom is 0.323 e. The van der Waals surface area contributed by atoms with Crippen molar-refractivity contribution in [2.45, 2.75) is 6.92 Å². The van der Waals surface area contributed by atoms with Crippen LogP contribution in [0.2, 0.25) is 5.02 Å². The molecule has 0 heterocycles. The van der Waals surface area contributed by atoms with E-state index in [1.807, 2.05) is 6.92 Å². The maximum absolute atomic E-state index is 12.1. The van der Waals surface area contributed by atoms with Crippen molar-refractivity contribution in [1.82, 2.24) is 4.90 Å². The second kappa shape index (κ2) is 6.21. The quantitative estimate of drug-likeness (QED) is 0.833. The number of carbonyl (C=O) groups excluding carboxylic acids is 1. The zero-order chi connectivity index (χ0) is 13.7. The molecule has 0 aromatic heterocycles. The summed E-state index contributed by atoms with van der Waals surface area (Å²) in [6, 6.07) is 5.02. The third-order valence-corrected chi connectivity index (χ3v) is 2.63. The van der Waals surface area contributed by atoms with E-state index in [1.54, 1.807) is 18.2 Å². The standard InChI is InChI=1S/C13H14ClNO3/c1-3-6-15(8-12(16)17)13(18)10-5-4-9(2)7-11(10)14/h3-5,7H,1,6,8H2,2H3,(H,16,17). The minimum absolute atomic E-state index is 0.162. The highest BCUT2D eigenvalue weighted by Gasteiger charge is 2.19. The van der Waals surface area contributed by atoms with Gasteiger partial charge in [0.25, 0.3) is 5.91 Å². The highest BCUT2D eigenvalue weighted by molar-refractivity contribution is 6.33. The third-order valence-electron chi connectivity index (χ3n) is 2.32. The van der Waals surface area contributed by atoms with Gasteiger partial charge in [0.1, 0.15) is 6.54 Å². The van der Waals surface area contributed by atoms with E-state index in [9.17, 15) is 9.59 Å². The summed E-state index contributed by atoms with van der Waals surface area (Å²) in [6.07, 6.45) is 1.48. The fourth-order valence-electron chi connectivity index (χ4n) is 1.50. The van der Waals surface area contributed by atoms with Crippen molar-refractivity contribution in [2.75, 3.05) is 13.1 Å². The van der Waals surface area contributed by atoms with Crippen LogP contribution in [0.3, 0.4) is 0 Å². The number of hydrogen-bond acceptors (Lipinski definition) is 2. The molecule has 18 heavy (non-hydrogen) atoms. The number of nitrogens with zero attached hydrogens (tertiary/aromatic N) is 1. The van der Waals surface area contributed by atoms with E-state index >= 15 is 0 Å². The van der Waals surface area contributed by atoms with Crippen LogP contribution in [0.5, 0.6) is 0 Å². The number of hydrogen-bond donors (Lipinski definition) is 1. The molecule has 0 bridgehead atoms. The first-order chi connectivity index (χ1) is 8.45. The molecule has 5 heteroatoms. The molecule has 4 nitrogen and oxygen atoms in total. The molecular formula is C13H14ClNO3. The summed E-state index contributed by atoms with van der Waals surface area (Å²) in [5, 5.41) is 9.08. The third kappa shape index (κ3) is 3.60. The van der Waals surface area contributed by atoms with Gasteiger partial charge in [-0.1, -0.05) is 23.7 Å². The normalized spacial score (nSPS) is 9.89. The highest BCUT2D eigenvalue weighted by atomic mass is 35.5. The molecule has 0 spiro atoms. The van der Waals surface area contributed by atoms with Crippen molar-refractivity contribution in [3.8, 4) is 0 Å². The molecule has 0 aliphatic carbocycles. The summed E-state index contributed by atoms with van der Waals surface area (Å²) in [4.78, 5) is 24.0. The number of carboxylic acid groups (broad SMARTS) is 1. The molecule has 1 aromatic carbocycles. The molecule has 1 aromatic rings. The van der Waals surface area contributed by atoms with Gasteiger partial charge < -0.3 is 10.0 Å². The Bertz CT molecular complexity index is 485. The first-order valence-electron chi connectivity index (χ1n) is 5.33. The lowest BCUT2D eigenvalue weighted by Gasteiger charge is -2.19. The zero-order valence-corrected chi connectivity index (χ0v) is 10.8. The largest absolute Gasteiger partial charge is 0.480 e. The fraction of sp³-hybridized carbons (Fsp3) is 0.231. The summed E-state index contributed by atoms with van der Waals surface area (Å²) in [5.41, 5.74) is 1.23. The molecular weight excluding hydrogens is 254 g/mol. The fourth-order valence-corrected chi connectivity index (χ4v) is 1.82. The first kappa shape index (κ1) is 14.3. The van der Waals surface area contributed by atoms with Gasteiger partial charge in [-0.2, -0.15) is 0 Å². The van der Waals surface area contributed by atoms with E-state index in [4.69, 9.17) is 16.7 Å². The van der Waals surface area contributed by atoms with Crippen LogP contribution in [0, 0.1) is 6.92 Å². The Morgan fingerprint density at radius 3 is 2.67 bits per heavy atom. The van der Waals surface area contributed by atoms with Crippen molar-refractivity contribution in [3.05, 3.63) is 47.0 Å². The lowest BCUT2D eigenvalue weighted by atomic mass is 10.1. The van der Waals surface area contributed by atoms with Crippen LogP contribution >= 0.6 is 11.6 Å². The van der Waals surface area contributed by atoms with Crippen molar-refractivity contribution in [2.24, 2.45) is 0 Å². The molecule has 0 radical (unpaired) electrons. The monoisotopic (exact) mass is 267 g/mol. The van der Waals surface area contributed by atoms with Gasteiger partial charge in [0.05, 0.1) is 10.6 Å². The Hall–Kier alpha value is -1.81. The minimum atomic E-state index is -1.08. The van der Waals surface area contributed by atoms with E-state index in [0.717, 1.165) is 5.56 Å². The lowest BCUT2D eigenvalue weighted by Crippen LogP contribution is -2.35. The van der Waals surface area contributed by atoms with Gasteiger partial charge in [-0.15, -0.1) is 6.58 Å². The van der Waals surface area contributed by atoms with E-state index in [0.29, 0.717) is 10.6 Å². The Balaban J connectivity index is 3.01. The van der Waals surface area contributed by atoms with Gasteiger partial charge in [0.15, 0.2) is 0 Å². The number of halogens is 1. The average Bonchev–Trinajstić information content (AvgIpc) is 2.27. The van der Waals surface area contributed by atoms with Crippen LogP contribution in [0.4, 0.5) is 0 Å². The van der Waals surface area contributed by atoms with Crippen LogP contribution in [0.1, 0.15) is 15.9 Å². The second-order valence-electron chi connectivity index (χ2n) is 3.85. The maximum atomic E-state index is 12.1. The van der Waals surface area contributed by atoms with E-state index in [1.165, 1.54) is 11.0 Å². The zero-order valence-electron chi connectivity index (χ0n) is 10.0. The summed E-state index contributed by atoms with van der Waals surface area (Å²) in [7, 11) is 0. The van der Waals surface area contributed by atoms with E-state index in [-0.39, 0.29) is 13.1 Å². The SMILES string of the molecule is C=CCN(CC(=O)O)C(=O)c1ccc(C)cc1Cl. The molecule has 0 saturated carbocycles.